The summed E-state index contributed by atoms with van der Waals surface area (Å²) in [5.41, 5.74) is 2.60. The zero-order chi connectivity index (χ0) is 9.97. The average Bonchev–Trinajstić information content (AvgIpc) is 2.51. The van der Waals surface area contributed by atoms with Crippen LogP contribution in [0, 0.1) is 9.94 Å². The van der Waals surface area contributed by atoms with Crippen molar-refractivity contribution in [1.29, 1.82) is 0 Å². The first-order valence-electron chi connectivity index (χ1n) is 4.27. The first kappa shape index (κ1) is 10.0. The van der Waals surface area contributed by atoms with Crippen LogP contribution in [0.3, 0.4) is 0 Å². The molecule has 0 atom stereocenters. The summed E-state index contributed by atoms with van der Waals surface area (Å²) in [6.07, 6.45) is 0.891. The molecule has 72 valence electrons. The first-order chi connectivity index (χ1) is 6.74. The number of halogens is 1. The fourth-order valence-corrected chi connectivity index (χ4v) is 2.77. The van der Waals surface area contributed by atoms with Crippen LogP contribution in [0.1, 0.15) is 16.1 Å². The summed E-state index contributed by atoms with van der Waals surface area (Å²) in [6, 6.07) is 8.50. The maximum atomic E-state index is 4.10. The van der Waals surface area contributed by atoms with Crippen molar-refractivity contribution in [3.05, 3.63) is 43.4 Å². The predicted molar refractivity (Wildman–Crippen MR) is 66.6 cm³/mol. The van der Waals surface area contributed by atoms with Crippen LogP contribution in [-0.2, 0) is 6.42 Å². The summed E-state index contributed by atoms with van der Waals surface area (Å²) in [6.45, 7) is 2.10. The number of benzene rings is 1. The Morgan fingerprint density at radius 2 is 2.21 bits per heavy atom. The molecule has 14 heavy (non-hydrogen) atoms. The van der Waals surface area contributed by atoms with Crippen LogP contribution < -0.4 is 0 Å². The molecule has 0 radical (unpaired) electrons. The largest absolute Gasteiger partial charge is 0.178 e. The molecule has 2 aromatic rings. The van der Waals surface area contributed by atoms with Gasteiger partial charge in [-0.1, -0.05) is 41.2 Å². The molecule has 4 heteroatoms. The quantitative estimate of drug-likeness (QED) is 0.796. The molecule has 0 N–H and O–H groups in total. The van der Waals surface area contributed by atoms with Crippen molar-refractivity contribution < 1.29 is 0 Å². The van der Waals surface area contributed by atoms with Gasteiger partial charge in [0.2, 0.25) is 0 Å². The van der Waals surface area contributed by atoms with Crippen molar-refractivity contribution in [2.24, 2.45) is 0 Å². The van der Waals surface area contributed by atoms with Gasteiger partial charge >= 0.3 is 0 Å². The van der Waals surface area contributed by atoms with E-state index in [2.05, 4.69) is 64.0 Å². The van der Waals surface area contributed by atoms with Gasteiger partial charge in [0.05, 0.1) is 0 Å². The van der Waals surface area contributed by atoms with Crippen molar-refractivity contribution >= 4 is 33.9 Å². The van der Waals surface area contributed by atoms with Crippen LogP contribution in [-0.4, -0.2) is 10.2 Å². The lowest BCUT2D eigenvalue weighted by molar-refractivity contribution is 0.990. The maximum Gasteiger partial charge on any atom is 0.178 e. The smallest absolute Gasteiger partial charge is 0.142 e. The van der Waals surface area contributed by atoms with Crippen LogP contribution in [0.25, 0.3) is 0 Å². The molecule has 0 aliphatic heterocycles. The molecule has 0 saturated heterocycles. The van der Waals surface area contributed by atoms with Crippen LogP contribution >= 0.6 is 33.9 Å². The van der Waals surface area contributed by atoms with Crippen molar-refractivity contribution in [3.8, 4) is 0 Å². The summed E-state index contributed by atoms with van der Waals surface area (Å²) >= 11 is 3.85. The zero-order valence-corrected chi connectivity index (χ0v) is 10.7. The number of nitrogens with zero attached hydrogens (tertiary/aromatic N) is 2. The summed E-state index contributed by atoms with van der Waals surface area (Å²) in [7, 11) is 0. The normalized spacial score (nSPS) is 10.4. The van der Waals surface area contributed by atoms with Gasteiger partial charge in [0, 0.05) is 6.42 Å². The van der Waals surface area contributed by atoms with Gasteiger partial charge in [-0.25, -0.2) is 0 Å². The third-order valence-electron chi connectivity index (χ3n) is 1.88. The molecule has 0 amide bonds. The molecule has 1 heterocycles. The van der Waals surface area contributed by atoms with Crippen LogP contribution in [0.15, 0.2) is 24.3 Å². The van der Waals surface area contributed by atoms with Gasteiger partial charge in [-0.2, -0.15) is 0 Å². The van der Waals surface area contributed by atoms with Crippen molar-refractivity contribution in [3.63, 3.8) is 0 Å². The highest BCUT2D eigenvalue weighted by molar-refractivity contribution is 14.1. The Morgan fingerprint density at radius 3 is 2.86 bits per heavy atom. The maximum absolute atomic E-state index is 4.10. The van der Waals surface area contributed by atoms with E-state index in [9.17, 15) is 0 Å². The number of aryl methyl sites for hydroxylation is 1. The van der Waals surface area contributed by atoms with Crippen LogP contribution in [0.4, 0.5) is 0 Å². The zero-order valence-electron chi connectivity index (χ0n) is 7.70. The standard InChI is InChI=1S/C10H9IN2S/c1-7-3-2-4-8(5-7)6-9-12-13-10(11)14-9/h2-5H,6H2,1H3. The van der Waals surface area contributed by atoms with E-state index in [0.29, 0.717) is 0 Å². The van der Waals surface area contributed by atoms with Gasteiger partial charge in [0.1, 0.15) is 5.01 Å². The highest BCUT2D eigenvalue weighted by atomic mass is 127. The second-order valence-electron chi connectivity index (χ2n) is 3.11. The molecule has 0 saturated carbocycles. The van der Waals surface area contributed by atoms with Gasteiger partial charge in [-0.05, 0) is 35.1 Å². The summed E-state index contributed by atoms with van der Waals surface area (Å²) in [4.78, 5) is 0. The monoisotopic (exact) mass is 316 g/mol. The van der Waals surface area contributed by atoms with E-state index >= 15 is 0 Å². The van der Waals surface area contributed by atoms with Gasteiger partial charge in [0.25, 0.3) is 0 Å². The van der Waals surface area contributed by atoms with Crippen molar-refractivity contribution in [2.75, 3.05) is 0 Å². The van der Waals surface area contributed by atoms with Crippen molar-refractivity contribution in [1.82, 2.24) is 10.2 Å². The Hall–Kier alpha value is -0.490. The molecular weight excluding hydrogens is 307 g/mol. The number of rotatable bonds is 2. The van der Waals surface area contributed by atoms with Gasteiger partial charge in [-0.15, -0.1) is 10.2 Å². The lowest BCUT2D eigenvalue weighted by Gasteiger charge is -1.98. The fraction of sp³-hybridized carbons (Fsp3) is 0.200. The van der Waals surface area contributed by atoms with Crippen molar-refractivity contribution in [2.45, 2.75) is 13.3 Å². The molecule has 2 rings (SSSR count). The Bertz CT molecular complexity index is 439. The predicted octanol–water partition coefficient (Wildman–Crippen LogP) is 3.04. The van der Waals surface area contributed by atoms with E-state index in [1.807, 2.05) is 0 Å². The topological polar surface area (TPSA) is 25.8 Å². The SMILES string of the molecule is Cc1cccc(Cc2nnc(I)s2)c1. The molecule has 2 nitrogen and oxygen atoms in total. The Morgan fingerprint density at radius 1 is 1.36 bits per heavy atom. The fourth-order valence-electron chi connectivity index (χ4n) is 1.30. The van der Waals surface area contributed by atoms with E-state index in [-0.39, 0.29) is 0 Å². The Kier molecular flexibility index (Phi) is 3.12. The van der Waals surface area contributed by atoms with Gasteiger partial charge < -0.3 is 0 Å². The average molecular weight is 316 g/mol. The summed E-state index contributed by atoms with van der Waals surface area (Å²) in [5.74, 6) is 0. The lowest BCUT2D eigenvalue weighted by atomic mass is 10.1. The molecular formula is C10H9IN2S. The molecule has 0 aliphatic carbocycles. The van der Waals surface area contributed by atoms with Crippen LogP contribution in [0.5, 0.6) is 0 Å². The highest BCUT2D eigenvalue weighted by Crippen LogP contribution is 2.16. The van der Waals surface area contributed by atoms with Crippen LogP contribution in [0.2, 0.25) is 0 Å². The van der Waals surface area contributed by atoms with Gasteiger partial charge in [0.15, 0.2) is 3.01 Å². The molecule has 1 aromatic heterocycles. The molecule has 1 aromatic carbocycles. The minimum atomic E-state index is 0.891. The minimum absolute atomic E-state index is 0.891. The molecule has 0 fully saturated rings. The molecule has 0 spiro atoms. The second kappa shape index (κ2) is 4.35. The summed E-state index contributed by atoms with van der Waals surface area (Å²) in [5, 5.41) is 9.18. The number of hydrogen-bond acceptors (Lipinski definition) is 3. The third-order valence-corrected chi connectivity index (χ3v) is 3.47. The number of aromatic nitrogens is 2. The van der Waals surface area contributed by atoms with E-state index in [4.69, 9.17) is 0 Å². The molecule has 0 unspecified atom stereocenters. The van der Waals surface area contributed by atoms with E-state index in [1.54, 1.807) is 11.3 Å². The number of hydrogen-bond donors (Lipinski definition) is 0. The summed E-state index contributed by atoms with van der Waals surface area (Å²) < 4.78 is 1.00. The Labute approximate surface area is 101 Å². The second-order valence-corrected chi connectivity index (χ2v) is 5.93. The molecule has 0 bridgehead atoms. The first-order valence-corrected chi connectivity index (χ1v) is 6.17. The van der Waals surface area contributed by atoms with E-state index in [1.165, 1.54) is 11.1 Å². The minimum Gasteiger partial charge on any atom is -0.142 e. The highest BCUT2D eigenvalue weighted by Gasteiger charge is 2.02. The van der Waals surface area contributed by atoms with E-state index in [0.717, 1.165) is 14.4 Å². The Balaban J connectivity index is 2.18. The molecule has 0 aliphatic rings. The third kappa shape index (κ3) is 2.51. The lowest BCUT2D eigenvalue weighted by Crippen LogP contribution is -1.87. The van der Waals surface area contributed by atoms with Gasteiger partial charge in [-0.3, -0.25) is 0 Å². The van der Waals surface area contributed by atoms with E-state index < -0.39 is 0 Å².